The van der Waals surface area contributed by atoms with Crippen LogP contribution in [0.15, 0.2) is 24.3 Å². The van der Waals surface area contributed by atoms with Crippen LogP contribution >= 0.6 is 11.6 Å². The van der Waals surface area contributed by atoms with E-state index in [4.69, 9.17) is 22.1 Å². The van der Waals surface area contributed by atoms with Gasteiger partial charge in [-0.3, -0.25) is 0 Å². The Morgan fingerprint density at radius 2 is 2.00 bits per heavy atom. The molecule has 72 valence electrons. The minimum absolute atomic E-state index is 0.0157. The molecule has 0 saturated carbocycles. The van der Waals surface area contributed by atoms with E-state index in [2.05, 4.69) is 0 Å². The van der Waals surface area contributed by atoms with Crippen LogP contribution in [0.1, 0.15) is 0 Å². The minimum atomic E-state index is -1.12. The maximum Gasteiger partial charge on any atom is 0.146 e. The van der Waals surface area contributed by atoms with Crippen molar-refractivity contribution in [1.82, 2.24) is 0 Å². The molecule has 0 aliphatic rings. The molecule has 1 aromatic carbocycles. The topological polar surface area (TPSA) is 35.2 Å². The number of hydrogen-bond donors (Lipinski definition) is 1. The first-order valence-corrected chi connectivity index (χ1v) is 4.32. The average Bonchev–Trinajstić information content (AvgIpc) is 2.16. The third-order valence-corrected chi connectivity index (χ3v) is 1.75. The molecule has 13 heavy (non-hydrogen) atoms. The summed E-state index contributed by atoms with van der Waals surface area (Å²) in [6, 6.07) is 6.75. The monoisotopic (exact) mass is 203 g/mol. The predicted octanol–water partition coefficient (Wildman–Crippen LogP) is 2.02. The van der Waals surface area contributed by atoms with Gasteiger partial charge in [-0.2, -0.15) is 0 Å². The quantitative estimate of drug-likeness (QED) is 0.813. The van der Waals surface area contributed by atoms with Crippen molar-refractivity contribution in [2.45, 2.75) is 6.17 Å². The van der Waals surface area contributed by atoms with Crippen molar-refractivity contribution in [3.63, 3.8) is 0 Å². The Hall–Kier alpha value is -0.800. The summed E-state index contributed by atoms with van der Waals surface area (Å²) in [7, 11) is 0. The van der Waals surface area contributed by atoms with Crippen LogP contribution in [-0.4, -0.2) is 19.3 Å². The van der Waals surface area contributed by atoms with Gasteiger partial charge in [0.1, 0.15) is 18.5 Å². The van der Waals surface area contributed by atoms with E-state index in [-0.39, 0.29) is 13.2 Å². The van der Waals surface area contributed by atoms with Crippen molar-refractivity contribution in [2.24, 2.45) is 5.73 Å². The van der Waals surface area contributed by atoms with Crippen molar-refractivity contribution < 1.29 is 9.13 Å². The fourth-order valence-corrected chi connectivity index (χ4v) is 0.911. The van der Waals surface area contributed by atoms with Gasteiger partial charge in [0.25, 0.3) is 0 Å². The van der Waals surface area contributed by atoms with Crippen molar-refractivity contribution in [2.75, 3.05) is 13.2 Å². The van der Waals surface area contributed by atoms with Crippen LogP contribution in [0.2, 0.25) is 5.02 Å². The molecule has 0 saturated heterocycles. The van der Waals surface area contributed by atoms with Crippen LogP contribution in [0, 0.1) is 0 Å². The van der Waals surface area contributed by atoms with Crippen LogP contribution in [0.25, 0.3) is 0 Å². The Labute approximate surface area is 81.4 Å². The lowest BCUT2D eigenvalue weighted by Crippen LogP contribution is -2.22. The van der Waals surface area contributed by atoms with Gasteiger partial charge >= 0.3 is 0 Å². The molecule has 1 rings (SSSR count). The van der Waals surface area contributed by atoms with E-state index < -0.39 is 6.17 Å². The molecule has 0 aliphatic heterocycles. The standard InChI is InChI=1S/C9H11ClFNO/c10-7-1-3-9(4-2-7)13-6-8(11)5-12/h1-4,8H,5-6,12H2. The molecule has 0 aromatic heterocycles. The number of hydrogen-bond acceptors (Lipinski definition) is 2. The Bertz CT molecular complexity index is 252. The van der Waals surface area contributed by atoms with Gasteiger partial charge in [0.05, 0.1) is 0 Å². The highest BCUT2D eigenvalue weighted by Gasteiger charge is 2.03. The van der Waals surface area contributed by atoms with E-state index in [0.29, 0.717) is 10.8 Å². The highest BCUT2D eigenvalue weighted by molar-refractivity contribution is 6.30. The molecule has 0 spiro atoms. The highest BCUT2D eigenvalue weighted by atomic mass is 35.5. The summed E-state index contributed by atoms with van der Waals surface area (Å²) >= 11 is 5.65. The number of ether oxygens (including phenoxy) is 1. The second-order valence-electron chi connectivity index (χ2n) is 2.60. The number of halogens is 2. The molecule has 1 unspecified atom stereocenters. The zero-order valence-corrected chi connectivity index (χ0v) is 7.80. The largest absolute Gasteiger partial charge is 0.491 e. The van der Waals surface area contributed by atoms with Gasteiger partial charge in [-0.25, -0.2) is 4.39 Å². The van der Waals surface area contributed by atoms with E-state index in [0.717, 1.165) is 0 Å². The van der Waals surface area contributed by atoms with Gasteiger partial charge in [-0.1, -0.05) is 11.6 Å². The molecule has 1 atom stereocenters. The molecule has 0 bridgehead atoms. The lowest BCUT2D eigenvalue weighted by molar-refractivity contribution is 0.201. The summed E-state index contributed by atoms with van der Waals surface area (Å²) in [6.07, 6.45) is -1.12. The lowest BCUT2D eigenvalue weighted by Gasteiger charge is -2.07. The fraction of sp³-hybridized carbons (Fsp3) is 0.333. The molecule has 0 fully saturated rings. The van der Waals surface area contributed by atoms with E-state index in [9.17, 15) is 4.39 Å². The summed E-state index contributed by atoms with van der Waals surface area (Å²) in [4.78, 5) is 0. The van der Waals surface area contributed by atoms with Gasteiger partial charge < -0.3 is 10.5 Å². The zero-order valence-electron chi connectivity index (χ0n) is 7.04. The Morgan fingerprint density at radius 3 is 2.54 bits per heavy atom. The Morgan fingerprint density at radius 1 is 1.38 bits per heavy atom. The van der Waals surface area contributed by atoms with Crippen LogP contribution in [-0.2, 0) is 0 Å². The van der Waals surface area contributed by atoms with Crippen molar-refractivity contribution in [3.8, 4) is 5.75 Å². The third-order valence-electron chi connectivity index (χ3n) is 1.50. The average molecular weight is 204 g/mol. The second-order valence-corrected chi connectivity index (χ2v) is 3.03. The highest BCUT2D eigenvalue weighted by Crippen LogP contribution is 2.15. The molecule has 2 nitrogen and oxygen atoms in total. The summed E-state index contributed by atoms with van der Waals surface area (Å²) in [5.41, 5.74) is 5.08. The van der Waals surface area contributed by atoms with Crippen molar-refractivity contribution in [1.29, 1.82) is 0 Å². The minimum Gasteiger partial charge on any atom is -0.491 e. The molecule has 0 radical (unpaired) electrons. The molecule has 0 heterocycles. The number of nitrogens with two attached hydrogens (primary N) is 1. The van der Waals surface area contributed by atoms with Crippen LogP contribution < -0.4 is 10.5 Å². The van der Waals surface area contributed by atoms with Gasteiger partial charge in [-0.15, -0.1) is 0 Å². The molecule has 0 amide bonds. The van der Waals surface area contributed by atoms with E-state index in [1.165, 1.54) is 0 Å². The summed E-state index contributed by atoms with van der Waals surface area (Å²) < 4.78 is 17.7. The van der Waals surface area contributed by atoms with Crippen molar-refractivity contribution in [3.05, 3.63) is 29.3 Å². The summed E-state index contributed by atoms with van der Waals surface area (Å²) in [5.74, 6) is 0.598. The zero-order chi connectivity index (χ0) is 9.68. The number of alkyl halides is 1. The SMILES string of the molecule is NCC(F)COc1ccc(Cl)cc1. The van der Waals surface area contributed by atoms with E-state index >= 15 is 0 Å². The molecule has 2 N–H and O–H groups in total. The Balaban J connectivity index is 2.41. The van der Waals surface area contributed by atoms with E-state index in [1.54, 1.807) is 24.3 Å². The summed E-state index contributed by atoms with van der Waals surface area (Å²) in [5, 5.41) is 0.628. The van der Waals surface area contributed by atoms with Crippen molar-refractivity contribution >= 4 is 11.6 Å². The Kier molecular flexibility index (Phi) is 3.99. The van der Waals surface area contributed by atoms with Crippen LogP contribution in [0.5, 0.6) is 5.75 Å². The fourth-order valence-electron chi connectivity index (χ4n) is 0.786. The second kappa shape index (κ2) is 5.04. The van der Waals surface area contributed by atoms with Gasteiger partial charge in [-0.05, 0) is 24.3 Å². The smallest absolute Gasteiger partial charge is 0.146 e. The molecular formula is C9H11ClFNO. The van der Waals surface area contributed by atoms with Gasteiger partial charge in [0.2, 0.25) is 0 Å². The number of benzene rings is 1. The summed E-state index contributed by atoms with van der Waals surface area (Å²) in [6.45, 7) is -0.0360. The maximum atomic E-state index is 12.6. The first-order valence-electron chi connectivity index (χ1n) is 3.95. The van der Waals surface area contributed by atoms with Gasteiger partial charge in [0.15, 0.2) is 0 Å². The molecular weight excluding hydrogens is 193 g/mol. The lowest BCUT2D eigenvalue weighted by atomic mass is 10.3. The number of rotatable bonds is 4. The van der Waals surface area contributed by atoms with Crippen LogP contribution in [0.4, 0.5) is 4.39 Å². The van der Waals surface area contributed by atoms with Crippen LogP contribution in [0.3, 0.4) is 0 Å². The predicted molar refractivity (Wildman–Crippen MR) is 50.9 cm³/mol. The molecule has 1 aromatic rings. The third kappa shape index (κ3) is 3.61. The normalized spacial score (nSPS) is 12.5. The first-order chi connectivity index (χ1) is 6.22. The van der Waals surface area contributed by atoms with Gasteiger partial charge in [0, 0.05) is 11.6 Å². The molecule has 4 heteroatoms. The first kappa shape index (κ1) is 10.3. The maximum absolute atomic E-state index is 12.6. The molecule has 0 aliphatic carbocycles. The van der Waals surface area contributed by atoms with E-state index in [1.807, 2.05) is 0 Å².